The lowest BCUT2D eigenvalue weighted by Gasteiger charge is -2.03. The molecule has 0 N–H and O–H groups in total. The van der Waals surface area contributed by atoms with Gasteiger partial charge in [0.1, 0.15) is 5.82 Å². The van der Waals surface area contributed by atoms with Crippen LogP contribution >= 0.6 is 22.6 Å². The van der Waals surface area contributed by atoms with Gasteiger partial charge in [-0.25, -0.2) is 4.39 Å². The number of aromatic nitrogens is 1. The van der Waals surface area contributed by atoms with Crippen LogP contribution in [-0.4, -0.2) is 10.8 Å². The van der Waals surface area contributed by atoms with E-state index in [1.807, 2.05) is 22.6 Å². The van der Waals surface area contributed by atoms with Gasteiger partial charge in [-0.15, -0.1) is 0 Å². The molecule has 1 aromatic carbocycles. The van der Waals surface area contributed by atoms with Crippen molar-refractivity contribution in [3.63, 3.8) is 0 Å². The molecule has 0 saturated heterocycles. The molecule has 2 rings (SSSR count). The molecule has 4 heteroatoms. The van der Waals surface area contributed by atoms with Gasteiger partial charge in [-0.05, 0) is 52.9 Å². The molecular formula is C12H7FINO. The number of ketones is 1. The summed E-state index contributed by atoms with van der Waals surface area (Å²) >= 11 is 1.95. The Morgan fingerprint density at radius 3 is 2.50 bits per heavy atom. The first-order chi connectivity index (χ1) is 7.68. The largest absolute Gasteiger partial charge is 0.289 e. The van der Waals surface area contributed by atoms with E-state index in [1.165, 1.54) is 18.2 Å². The van der Waals surface area contributed by atoms with Gasteiger partial charge in [0.25, 0.3) is 0 Å². The monoisotopic (exact) mass is 327 g/mol. The average molecular weight is 327 g/mol. The van der Waals surface area contributed by atoms with Crippen molar-refractivity contribution in [1.29, 1.82) is 0 Å². The molecule has 16 heavy (non-hydrogen) atoms. The lowest BCUT2D eigenvalue weighted by molar-refractivity contribution is 0.103. The summed E-state index contributed by atoms with van der Waals surface area (Å²) in [5, 5.41) is 0. The molecular weight excluding hydrogens is 320 g/mol. The minimum absolute atomic E-state index is 0.119. The van der Waals surface area contributed by atoms with Gasteiger partial charge >= 0.3 is 0 Å². The summed E-state index contributed by atoms with van der Waals surface area (Å²) in [4.78, 5) is 15.9. The Morgan fingerprint density at radius 2 is 1.88 bits per heavy atom. The highest BCUT2D eigenvalue weighted by Gasteiger charge is 2.12. The number of nitrogens with zero attached hydrogens (tertiary/aromatic N) is 1. The zero-order valence-corrected chi connectivity index (χ0v) is 10.3. The zero-order valence-electron chi connectivity index (χ0n) is 8.15. The summed E-state index contributed by atoms with van der Waals surface area (Å²) in [6.07, 6.45) is 3.12. The molecule has 0 aliphatic rings. The summed E-state index contributed by atoms with van der Waals surface area (Å²) in [5.74, 6) is -0.456. The van der Waals surface area contributed by atoms with Crippen LogP contribution in [0.25, 0.3) is 0 Å². The smallest absolute Gasteiger partial charge is 0.194 e. The topological polar surface area (TPSA) is 30.0 Å². The van der Waals surface area contributed by atoms with Crippen molar-refractivity contribution in [2.45, 2.75) is 0 Å². The van der Waals surface area contributed by atoms with E-state index in [9.17, 15) is 9.18 Å². The molecule has 2 aromatic rings. The number of hydrogen-bond donors (Lipinski definition) is 0. The van der Waals surface area contributed by atoms with E-state index < -0.39 is 0 Å². The number of carbonyl (C=O) groups is 1. The number of carbonyl (C=O) groups excluding carboxylic acids is 1. The molecule has 0 aliphatic heterocycles. The van der Waals surface area contributed by atoms with Crippen molar-refractivity contribution in [3.05, 3.63) is 63.2 Å². The molecule has 0 aliphatic carbocycles. The van der Waals surface area contributed by atoms with E-state index in [2.05, 4.69) is 4.98 Å². The first kappa shape index (κ1) is 11.2. The fourth-order valence-electron chi connectivity index (χ4n) is 1.33. The lowest BCUT2D eigenvalue weighted by atomic mass is 10.0. The maximum absolute atomic E-state index is 12.9. The van der Waals surface area contributed by atoms with Crippen molar-refractivity contribution in [2.75, 3.05) is 0 Å². The van der Waals surface area contributed by atoms with Crippen LogP contribution in [0.2, 0.25) is 0 Å². The normalized spacial score (nSPS) is 10.1. The average Bonchev–Trinajstić information content (AvgIpc) is 2.29. The Bertz CT molecular complexity index is 528. The van der Waals surface area contributed by atoms with Gasteiger partial charge in [0.05, 0.1) is 0 Å². The Morgan fingerprint density at radius 1 is 1.19 bits per heavy atom. The van der Waals surface area contributed by atoms with Crippen LogP contribution in [0.5, 0.6) is 0 Å². The fourth-order valence-corrected chi connectivity index (χ4v) is 2.05. The van der Waals surface area contributed by atoms with Crippen LogP contribution in [0, 0.1) is 9.39 Å². The van der Waals surface area contributed by atoms with Gasteiger partial charge in [-0.1, -0.05) is 0 Å². The zero-order chi connectivity index (χ0) is 11.5. The Labute approximate surface area is 106 Å². The quantitative estimate of drug-likeness (QED) is 0.627. The molecule has 2 nitrogen and oxygen atoms in total. The minimum atomic E-state index is -0.337. The van der Waals surface area contributed by atoms with E-state index >= 15 is 0 Å². The molecule has 0 spiro atoms. The summed E-state index contributed by atoms with van der Waals surface area (Å²) in [6, 6.07) is 7.41. The summed E-state index contributed by atoms with van der Waals surface area (Å²) in [7, 11) is 0. The number of hydrogen-bond acceptors (Lipinski definition) is 2. The first-order valence-electron chi connectivity index (χ1n) is 4.58. The van der Waals surface area contributed by atoms with E-state index in [-0.39, 0.29) is 11.6 Å². The number of rotatable bonds is 2. The molecule has 80 valence electrons. The fraction of sp³-hybridized carbons (Fsp3) is 0. The third-order valence-electron chi connectivity index (χ3n) is 2.12. The van der Waals surface area contributed by atoms with Crippen LogP contribution in [-0.2, 0) is 0 Å². The van der Waals surface area contributed by atoms with Crippen molar-refractivity contribution in [3.8, 4) is 0 Å². The third kappa shape index (κ3) is 2.27. The molecule has 1 aromatic heterocycles. The van der Waals surface area contributed by atoms with Crippen LogP contribution < -0.4 is 0 Å². The second-order valence-electron chi connectivity index (χ2n) is 3.19. The first-order valence-corrected chi connectivity index (χ1v) is 5.66. The maximum Gasteiger partial charge on any atom is 0.194 e. The van der Waals surface area contributed by atoms with Crippen LogP contribution in [0.15, 0.2) is 42.7 Å². The third-order valence-corrected chi connectivity index (χ3v) is 3.01. The highest BCUT2D eigenvalue weighted by molar-refractivity contribution is 14.1. The molecule has 0 unspecified atom stereocenters. The highest BCUT2D eigenvalue weighted by Crippen LogP contribution is 2.17. The summed E-state index contributed by atoms with van der Waals surface area (Å²) in [6.45, 7) is 0. The van der Waals surface area contributed by atoms with Gasteiger partial charge in [0.2, 0.25) is 0 Å². The van der Waals surface area contributed by atoms with E-state index in [4.69, 9.17) is 0 Å². The molecule has 1 heterocycles. The minimum Gasteiger partial charge on any atom is -0.289 e. The SMILES string of the molecule is O=C(c1ccncc1)c1ccc(F)cc1I. The Kier molecular flexibility index (Phi) is 3.28. The van der Waals surface area contributed by atoms with Crippen molar-refractivity contribution < 1.29 is 9.18 Å². The number of pyridine rings is 1. The Hall–Kier alpha value is -1.30. The second kappa shape index (κ2) is 4.69. The summed E-state index contributed by atoms with van der Waals surface area (Å²) < 4.78 is 13.5. The lowest BCUT2D eigenvalue weighted by Crippen LogP contribution is -2.03. The van der Waals surface area contributed by atoms with Gasteiger partial charge in [0, 0.05) is 27.1 Å². The number of halogens is 2. The predicted molar refractivity (Wildman–Crippen MR) is 66.8 cm³/mol. The molecule has 0 amide bonds. The van der Waals surface area contributed by atoms with Crippen LogP contribution in [0.1, 0.15) is 15.9 Å². The van der Waals surface area contributed by atoms with Gasteiger partial charge in [-0.3, -0.25) is 9.78 Å². The number of benzene rings is 1. The van der Waals surface area contributed by atoms with E-state index in [1.54, 1.807) is 24.5 Å². The van der Waals surface area contributed by atoms with Crippen LogP contribution in [0.3, 0.4) is 0 Å². The molecule has 0 bridgehead atoms. The van der Waals surface area contributed by atoms with Gasteiger partial charge in [-0.2, -0.15) is 0 Å². The molecule has 0 radical (unpaired) electrons. The van der Waals surface area contributed by atoms with Crippen LogP contribution in [0.4, 0.5) is 4.39 Å². The van der Waals surface area contributed by atoms with Crippen molar-refractivity contribution in [2.24, 2.45) is 0 Å². The van der Waals surface area contributed by atoms with E-state index in [0.29, 0.717) is 14.7 Å². The summed E-state index contributed by atoms with van der Waals surface area (Å²) in [5.41, 5.74) is 1.06. The molecule has 0 atom stereocenters. The van der Waals surface area contributed by atoms with E-state index in [0.717, 1.165) is 0 Å². The molecule has 0 saturated carbocycles. The van der Waals surface area contributed by atoms with Gasteiger partial charge < -0.3 is 0 Å². The highest BCUT2D eigenvalue weighted by atomic mass is 127. The second-order valence-corrected chi connectivity index (χ2v) is 4.35. The predicted octanol–water partition coefficient (Wildman–Crippen LogP) is 3.06. The van der Waals surface area contributed by atoms with Crippen molar-refractivity contribution in [1.82, 2.24) is 4.98 Å². The van der Waals surface area contributed by atoms with Gasteiger partial charge in [0.15, 0.2) is 5.78 Å². The Balaban J connectivity index is 2.42. The molecule has 0 fully saturated rings. The maximum atomic E-state index is 12.9. The standard InChI is InChI=1S/C12H7FINO/c13-9-1-2-10(11(14)7-9)12(16)8-3-5-15-6-4-8/h1-7H. The van der Waals surface area contributed by atoms with Crippen molar-refractivity contribution >= 4 is 28.4 Å².